The van der Waals surface area contributed by atoms with Gasteiger partial charge in [0.05, 0.1) is 16.3 Å². The number of hydrogen-bond acceptors (Lipinski definition) is 5. The van der Waals surface area contributed by atoms with Crippen molar-refractivity contribution in [2.75, 3.05) is 5.32 Å². The van der Waals surface area contributed by atoms with Gasteiger partial charge in [-0.15, -0.1) is 0 Å². The third kappa shape index (κ3) is 5.10. The molecule has 3 N–H and O–H groups in total. The van der Waals surface area contributed by atoms with Crippen molar-refractivity contribution >= 4 is 35.0 Å². The fraction of sp³-hybridized carbons (Fsp3) is 0.111. The van der Waals surface area contributed by atoms with Gasteiger partial charge < -0.3 is 5.32 Å². The molecular formula is C18H12ClF3N4O3S. The minimum Gasteiger partial charge on any atom is -0.323 e. The van der Waals surface area contributed by atoms with E-state index in [1.807, 2.05) is 4.98 Å². The monoisotopic (exact) mass is 456 g/mol. The summed E-state index contributed by atoms with van der Waals surface area (Å²) >= 11 is 6.67. The second-order valence-corrected chi connectivity index (χ2v) is 7.40. The van der Waals surface area contributed by atoms with Crippen LogP contribution in [0.3, 0.4) is 0 Å². The molecule has 0 aliphatic heterocycles. The maximum atomic E-state index is 13.0. The van der Waals surface area contributed by atoms with Gasteiger partial charge in [0.2, 0.25) is 5.91 Å². The van der Waals surface area contributed by atoms with E-state index in [9.17, 15) is 27.6 Å². The minimum atomic E-state index is -4.62. The van der Waals surface area contributed by atoms with E-state index in [4.69, 9.17) is 11.6 Å². The molecular weight excluding hydrogens is 445 g/mol. The van der Waals surface area contributed by atoms with Crippen LogP contribution >= 0.6 is 23.4 Å². The Bertz CT molecular complexity index is 1180. The highest BCUT2D eigenvalue weighted by atomic mass is 35.5. The SMILES string of the molecule is O=C(Nc1cc(C(F)(F)F)ccc1Cl)[C@H](Sc1n[nH]c(=O)[nH]c1=O)c1ccccc1. The highest BCUT2D eigenvalue weighted by Crippen LogP contribution is 2.36. The van der Waals surface area contributed by atoms with Crippen molar-refractivity contribution < 1.29 is 18.0 Å². The van der Waals surface area contributed by atoms with Crippen molar-refractivity contribution in [3.63, 3.8) is 0 Å². The number of thioether (sulfide) groups is 1. The second kappa shape index (κ2) is 8.76. The van der Waals surface area contributed by atoms with Crippen molar-refractivity contribution in [1.82, 2.24) is 15.2 Å². The van der Waals surface area contributed by atoms with Gasteiger partial charge in [0.1, 0.15) is 5.25 Å². The number of nitrogens with one attached hydrogen (secondary N) is 3. The molecule has 0 saturated carbocycles. The van der Waals surface area contributed by atoms with Gasteiger partial charge in [-0.25, -0.2) is 9.89 Å². The molecule has 0 radical (unpaired) electrons. The lowest BCUT2D eigenvalue weighted by atomic mass is 10.1. The van der Waals surface area contributed by atoms with E-state index in [0.29, 0.717) is 5.56 Å². The van der Waals surface area contributed by atoms with Crippen molar-refractivity contribution in [3.8, 4) is 0 Å². The number of hydrogen-bond donors (Lipinski definition) is 3. The Hall–Kier alpha value is -3.05. The van der Waals surface area contributed by atoms with Gasteiger partial charge in [0.15, 0.2) is 5.03 Å². The van der Waals surface area contributed by atoms with Crippen LogP contribution in [0.2, 0.25) is 5.02 Å². The molecule has 156 valence electrons. The molecule has 1 atom stereocenters. The number of aromatic nitrogens is 3. The second-order valence-electron chi connectivity index (χ2n) is 5.90. The molecule has 0 spiro atoms. The van der Waals surface area contributed by atoms with Crippen LogP contribution < -0.4 is 16.6 Å². The van der Waals surface area contributed by atoms with Gasteiger partial charge in [-0.3, -0.25) is 14.6 Å². The van der Waals surface area contributed by atoms with Crippen LogP contribution in [0, 0.1) is 0 Å². The Morgan fingerprint density at radius 2 is 1.83 bits per heavy atom. The van der Waals surface area contributed by atoms with E-state index in [1.54, 1.807) is 30.3 Å². The van der Waals surface area contributed by atoms with Gasteiger partial charge >= 0.3 is 11.9 Å². The Balaban J connectivity index is 1.95. The van der Waals surface area contributed by atoms with E-state index in [1.165, 1.54) is 0 Å². The van der Waals surface area contributed by atoms with Crippen molar-refractivity contribution in [1.29, 1.82) is 0 Å². The van der Waals surface area contributed by atoms with Crippen LogP contribution in [-0.4, -0.2) is 21.1 Å². The number of aromatic amines is 2. The third-order valence-electron chi connectivity index (χ3n) is 3.80. The van der Waals surface area contributed by atoms with Gasteiger partial charge in [-0.1, -0.05) is 53.7 Å². The summed E-state index contributed by atoms with van der Waals surface area (Å²) in [4.78, 5) is 38.0. The average Bonchev–Trinajstić information content (AvgIpc) is 2.69. The molecule has 0 aliphatic rings. The average molecular weight is 457 g/mol. The van der Waals surface area contributed by atoms with E-state index in [2.05, 4.69) is 15.5 Å². The molecule has 1 heterocycles. The fourth-order valence-corrected chi connectivity index (χ4v) is 3.53. The maximum Gasteiger partial charge on any atom is 0.416 e. The van der Waals surface area contributed by atoms with E-state index < -0.39 is 34.1 Å². The molecule has 12 heteroatoms. The molecule has 0 bridgehead atoms. The number of carbonyl (C=O) groups excluding carboxylic acids is 1. The lowest BCUT2D eigenvalue weighted by Gasteiger charge is -2.17. The topological polar surface area (TPSA) is 108 Å². The summed E-state index contributed by atoms with van der Waals surface area (Å²) in [7, 11) is 0. The summed E-state index contributed by atoms with van der Waals surface area (Å²) in [5.41, 5.74) is -2.39. The van der Waals surface area contributed by atoms with Crippen molar-refractivity contribution in [3.05, 3.63) is 85.5 Å². The third-order valence-corrected chi connectivity index (χ3v) is 5.35. The lowest BCUT2D eigenvalue weighted by Crippen LogP contribution is -2.27. The standard InChI is InChI=1S/C18H12ClF3N4O3S/c19-11-7-6-10(18(20,21)22)8-12(11)23-14(27)13(9-4-2-1-3-5-9)30-16-15(28)24-17(29)26-25-16/h1-8,13H,(H,23,27)(H2,24,26,28,29)/t13-/m1/s1. The number of rotatable bonds is 5. The summed E-state index contributed by atoms with van der Waals surface area (Å²) in [5, 5.41) is 6.69. The zero-order chi connectivity index (χ0) is 21.9. The van der Waals surface area contributed by atoms with Crippen molar-refractivity contribution in [2.45, 2.75) is 16.5 Å². The van der Waals surface area contributed by atoms with Gasteiger partial charge in [-0.05, 0) is 23.8 Å². The first-order chi connectivity index (χ1) is 14.1. The highest BCUT2D eigenvalue weighted by Gasteiger charge is 2.32. The molecule has 0 fully saturated rings. The molecule has 2 aromatic carbocycles. The van der Waals surface area contributed by atoms with Crippen LogP contribution in [0.25, 0.3) is 0 Å². The molecule has 1 amide bonds. The Kier molecular flexibility index (Phi) is 6.32. The fourth-order valence-electron chi connectivity index (χ4n) is 2.42. The number of alkyl halides is 3. The minimum absolute atomic E-state index is 0.0897. The number of anilines is 1. The predicted octanol–water partition coefficient (Wildman–Crippen LogP) is 3.60. The summed E-state index contributed by atoms with van der Waals surface area (Å²) in [6.45, 7) is 0. The van der Waals surface area contributed by atoms with Crippen LogP contribution in [-0.2, 0) is 11.0 Å². The normalized spacial score (nSPS) is 12.4. The number of H-pyrrole nitrogens is 2. The zero-order valence-corrected chi connectivity index (χ0v) is 16.4. The summed E-state index contributed by atoms with van der Waals surface area (Å²) in [6.07, 6.45) is -4.62. The molecule has 0 aliphatic carbocycles. The molecule has 0 saturated heterocycles. The molecule has 7 nitrogen and oxygen atoms in total. The molecule has 3 rings (SSSR count). The Labute approximate surface area is 175 Å². The zero-order valence-electron chi connectivity index (χ0n) is 14.8. The Morgan fingerprint density at radius 1 is 1.13 bits per heavy atom. The van der Waals surface area contributed by atoms with Crippen LogP contribution in [0.15, 0.2) is 63.1 Å². The van der Waals surface area contributed by atoms with Crippen molar-refractivity contribution in [2.24, 2.45) is 0 Å². The first kappa shape index (κ1) is 21.7. The number of halogens is 4. The largest absolute Gasteiger partial charge is 0.416 e. The number of nitrogens with zero attached hydrogens (tertiary/aromatic N) is 1. The molecule has 30 heavy (non-hydrogen) atoms. The van der Waals surface area contributed by atoms with Crippen LogP contribution in [0.4, 0.5) is 18.9 Å². The van der Waals surface area contributed by atoms with Crippen LogP contribution in [0.1, 0.15) is 16.4 Å². The first-order valence-electron chi connectivity index (χ1n) is 8.23. The molecule has 3 aromatic rings. The van der Waals surface area contributed by atoms with E-state index in [-0.39, 0.29) is 15.7 Å². The quantitative estimate of drug-likeness (QED) is 0.508. The maximum absolute atomic E-state index is 13.0. The molecule has 1 aromatic heterocycles. The Morgan fingerprint density at radius 3 is 2.47 bits per heavy atom. The van der Waals surface area contributed by atoms with E-state index in [0.717, 1.165) is 30.0 Å². The summed E-state index contributed by atoms with van der Waals surface area (Å²) in [6, 6.07) is 10.8. The summed E-state index contributed by atoms with van der Waals surface area (Å²) < 4.78 is 39.0. The van der Waals surface area contributed by atoms with Crippen LogP contribution in [0.5, 0.6) is 0 Å². The van der Waals surface area contributed by atoms with E-state index >= 15 is 0 Å². The van der Waals surface area contributed by atoms with Gasteiger partial charge in [0, 0.05) is 0 Å². The number of carbonyl (C=O) groups is 1. The predicted molar refractivity (Wildman–Crippen MR) is 106 cm³/mol. The summed E-state index contributed by atoms with van der Waals surface area (Å²) in [5.74, 6) is -0.736. The number of amides is 1. The first-order valence-corrected chi connectivity index (χ1v) is 9.49. The highest BCUT2D eigenvalue weighted by molar-refractivity contribution is 8.00. The molecule has 0 unspecified atom stereocenters. The lowest BCUT2D eigenvalue weighted by molar-refractivity contribution is -0.137. The smallest absolute Gasteiger partial charge is 0.323 e. The van der Waals surface area contributed by atoms with Gasteiger partial charge in [-0.2, -0.15) is 18.3 Å². The van der Waals surface area contributed by atoms with Gasteiger partial charge in [0.25, 0.3) is 5.56 Å². The number of benzene rings is 2.